The van der Waals surface area contributed by atoms with Crippen molar-refractivity contribution in [3.05, 3.63) is 36.0 Å². The summed E-state index contributed by atoms with van der Waals surface area (Å²) in [5.74, 6) is 0.837. The van der Waals surface area contributed by atoms with Gasteiger partial charge in [0.1, 0.15) is 11.4 Å². The van der Waals surface area contributed by atoms with Crippen LogP contribution in [0.3, 0.4) is 0 Å². The molecule has 3 aromatic rings. The average molecular weight is 410 g/mol. The van der Waals surface area contributed by atoms with Crippen LogP contribution in [0.4, 0.5) is 11.8 Å². The van der Waals surface area contributed by atoms with E-state index in [4.69, 9.17) is 4.74 Å². The van der Waals surface area contributed by atoms with E-state index in [2.05, 4.69) is 49.3 Å². The van der Waals surface area contributed by atoms with Crippen molar-refractivity contribution >= 4 is 23.3 Å². The zero-order valence-electron chi connectivity index (χ0n) is 17.6. The summed E-state index contributed by atoms with van der Waals surface area (Å²) in [6.45, 7) is 10.8. The van der Waals surface area contributed by atoms with Crippen LogP contribution in [0.25, 0.3) is 5.65 Å². The number of hydrogen-bond donors (Lipinski definition) is 2. The van der Waals surface area contributed by atoms with Gasteiger partial charge in [-0.3, -0.25) is 4.79 Å². The number of aromatic nitrogens is 5. The molecule has 1 fully saturated rings. The maximum absolute atomic E-state index is 12.9. The quantitative estimate of drug-likeness (QED) is 0.654. The zero-order chi connectivity index (χ0) is 21.3. The van der Waals surface area contributed by atoms with Gasteiger partial charge in [-0.05, 0) is 27.7 Å². The number of carbonyl (C=O) groups excluding carboxylic acids is 1. The molecule has 10 nitrogen and oxygen atoms in total. The molecule has 0 saturated carbocycles. The number of amides is 1. The second-order valence-corrected chi connectivity index (χ2v) is 7.93. The molecule has 158 valence electrons. The van der Waals surface area contributed by atoms with E-state index in [1.54, 1.807) is 12.4 Å². The Morgan fingerprint density at radius 1 is 1.27 bits per heavy atom. The minimum absolute atomic E-state index is 0.0422. The predicted molar refractivity (Wildman–Crippen MR) is 113 cm³/mol. The Morgan fingerprint density at radius 3 is 2.87 bits per heavy atom. The molecule has 0 atom stereocenters. The van der Waals surface area contributed by atoms with Crippen molar-refractivity contribution < 1.29 is 9.53 Å². The number of rotatable bonds is 5. The van der Waals surface area contributed by atoms with Gasteiger partial charge in [0.05, 0.1) is 24.7 Å². The highest BCUT2D eigenvalue weighted by Crippen LogP contribution is 2.22. The maximum atomic E-state index is 12.9. The van der Waals surface area contributed by atoms with E-state index in [0.29, 0.717) is 24.0 Å². The Balaban J connectivity index is 1.57. The third-order valence-corrected chi connectivity index (χ3v) is 4.82. The molecule has 10 heteroatoms. The topological polar surface area (TPSA) is 110 Å². The molecule has 0 aliphatic carbocycles. The van der Waals surface area contributed by atoms with Gasteiger partial charge in [0.25, 0.3) is 5.91 Å². The minimum Gasteiger partial charge on any atom is -0.477 e. The van der Waals surface area contributed by atoms with Crippen LogP contribution >= 0.6 is 0 Å². The highest BCUT2D eigenvalue weighted by Gasteiger charge is 2.28. The lowest BCUT2D eigenvalue weighted by Gasteiger charge is -2.39. The monoisotopic (exact) mass is 410 g/mol. The number of nitrogens with zero attached hydrogens (tertiary/aromatic N) is 6. The molecule has 0 spiro atoms. The van der Waals surface area contributed by atoms with E-state index in [9.17, 15) is 4.79 Å². The van der Waals surface area contributed by atoms with Gasteiger partial charge < -0.3 is 24.7 Å². The third-order valence-electron chi connectivity index (χ3n) is 4.82. The minimum atomic E-state index is -0.380. The summed E-state index contributed by atoms with van der Waals surface area (Å²) in [6.07, 6.45) is 6.70. The Bertz CT molecular complexity index is 1080. The standard InChI is InChI=1S/C20H26N8O2/c1-5-30-18-14(8-22-19(26-18)27-7-6-23-20(3,4)12-27)17(29)25-15-11-28-10-13(2)24-16(28)9-21-15/h8-11,23H,5-7,12H2,1-4H3,(H,25,29). The lowest BCUT2D eigenvalue weighted by molar-refractivity contribution is 0.102. The zero-order valence-corrected chi connectivity index (χ0v) is 17.6. The van der Waals surface area contributed by atoms with Gasteiger partial charge in [-0.2, -0.15) is 4.98 Å². The van der Waals surface area contributed by atoms with Gasteiger partial charge in [0.15, 0.2) is 5.65 Å². The van der Waals surface area contributed by atoms with Crippen LogP contribution in [0, 0.1) is 6.92 Å². The summed E-state index contributed by atoms with van der Waals surface area (Å²) in [7, 11) is 0. The molecule has 0 bridgehead atoms. The van der Waals surface area contributed by atoms with Gasteiger partial charge in [0, 0.05) is 37.6 Å². The van der Waals surface area contributed by atoms with Crippen LogP contribution in [-0.4, -0.2) is 62.0 Å². The average Bonchev–Trinajstić information content (AvgIpc) is 3.06. The van der Waals surface area contributed by atoms with Crippen molar-refractivity contribution in [1.29, 1.82) is 0 Å². The summed E-state index contributed by atoms with van der Waals surface area (Å²) in [6, 6.07) is 0. The number of fused-ring (bicyclic) bond motifs is 1. The summed E-state index contributed by atoms with van der Waals surface area (Å²) in [5, 5.41) is 6.25. The predicted octanol–water partition coefficient (Wildman–Crippen LogP) is 1.67. The summed E-state index contributed by atoms with van der Waals surface area (Å²) in [4.78, 5) is 32.5. The van der Waals surface area contributed by atoms with Crippen LogP contribution in [0.15, 0.2) is 24.8 Å². The first-order chi connectivity index (χ1) is 14.3. The number of piperazine rings is 1. The van der Waals surface area contributed by atoms with Crippen molar-refractivity contribution in [2.24, 2.45) is 0 Å². The third kappa shape index (κ3) is 4.18. The largest absolute Gasteiger partial charge is 0.477 e. The first-order valence-corrected chi connectivity index (χ1v) is 9.97. The van der Waals surface area contributed by atoms with Crippen molar-refractivity contribution in [3.8, 4) is 5.88 Å². The van der Waals surface area contributed by atoms with Gasteiger partial charge in [-0.15, -0.1) is 0 Å². The summed E-state index contributed by atoms with van der Waals surface area (Å²) in [5.41, 5.74) is 1.81. The Hall–Kier alpha value is -3.27. The first-order valence-electron chi connectivity index (χ1n) is 9.97. The Labute approximate surface area is 174 Å². The number of aryl methyl sites for hydroxylation is 1. The fourth-order valence-corrected chi connectivity index (χ4v) is 3.50. The molecular formula is C20H26N8O2. The Morgan fingerprint density at radius 2 is 2.10 bits per heavy atom. The molecule has 0 aromatic carbocycles. The van der Waals surface area contributed by atoms with Gasteiger partial charge in [-0.1, -0.05) is 0 Å². The number of carbonyl (C=O) groups is 1. The lowest BCUT2D eigenvalue weighted by Crippen LogP contribution is -2.57. The molecular weight excluding hydrogens is 384 g/mol. The summed E-state index contributed by atoms with van der Waals surface area (Å²) >= 11 is 0. The molecule has 30 heavy (non-hydrogen) atoms. The number of imidazole rings is 1. The molecule has 4 rings (SSSR count). The maximum Gasteiger partial charge on any atom is 0.263 e. The fraction of sp³-hybridized carbons (Fsp3) is 0.450. The van der Waals surface area contributed by atoms with E-state index >= 15 is 0 Å². The van der Waals surface area contributed by atoms with Crippen LogP contribution in [-0.2, 0) is 0 Å². The highest BCUT2D eigenvalue weighted by atomic mass is 16.5. The van der Waals surface area contributed by atoms with Crippen molar-refractivity contribution in [3.63, 3.8) is 0 Å². The van der Waals surface area contributed by atoms with E-state index < -0.39 is 0 Å². The van der Waals surface area contributed by atoms with Crippen LogP contribution in [0.1, 0.15) is 36.8 Å². The SMILES string of the molecule is CCOc1nc(N2CCNC(C)(C)C2)ncc1C(=O)Nc1cn2cc(C)nc2cn1. The highest BCUT2D eigenvalue weighted by molar-refractivity contribution is 6.05. The second kappa shape index (κ2) is 7.86. The van der Waals surface area contributed by atoms with Crippen LogP contribution in [0.2, 0.25) is 0 Å². The first kappa shape index (κ1) is 20.0. The molecule has 4 heterocycles. The van der Waals surface area contributed by atoms with Gasteiger partial charge >= 0.3 is 0 Å². The fourth-order valence-electron chi connectivity index (χ4n) is 3.50. The lowest BCUT2D eigenvalue weighted by atomic mass is 10.0. The molecule has 1 amide bonds. The number of nitrogens with one attached hydrogen (secondary N) is 2. The van der Waals surface area contributed by atoms with Crippen LogP contribution in [0.5, 0.6) is 5.88 Å². The molecule has 1 aliphatic rings. The second-order valence-electron chi connectivity index (χ2n) is 7.93. The van der Waals surface area contributed by atoms with E-state index in [1.807, 2.05) is 24.4 Å². The molecule has 3 aromatic heterocycles. The van der Waals surface area contributed by atoms with Crippen LogP contribution < -0.4 is 20.3 Å². The van der Waals surface area contributed by atoms with Crippen molar-refractivity contribution in [2.75, 3.05) is 36.5 Å². The normalized spacial score (nSPS) is 15.9. The van der Waals surface area contributed by atoms with Crippen molar-refractivity contribution in [1.82, 2.24) is 29.7 Å². The van der Waals surface area contributed by atoms with E-state index in [0.717, 1.165) is 25.3 Å². The van der Waals surface area contributed by atoms with Gasteiger partial charge in [0.2, 0.25) is 11.8 Å². The Kier molecular flexibility index (Phi) is 5.25. The molecule has 0 unspecified atom stereocenters. The van der Waals surface area contributed by atoms with E-state index in [-0.39, 0.29) is 22.9 Å². The number of hydrogen-bond acceptors (Lipinski definition) is 8. The smallest absolute Gasteiger partial charge is 0.263 e. The molecule has 2 N–H and O–H groups in total. The van der Waals surface area contributed by atoms with Crippen molar-refractivity contribution in [2.45, 2.75) is 33.2 Å². The number of anilines is 2. The van der Waals surface area contributed by atoms with Gasteiger partial charge in [-0.25, -0.2) is 15.0 Å². The molecule has 1 aliphatic heterocycles. The number of ether oxygens (including phenoxy) is 1. The molecule has 0 radical (unpaired) electrons. The van der Waals surface area contributed by atoms with E-state index in [1.165, 1.54) is 6.20 Å². The summed E-state index contributed by atoms with van der Waals surface area (Å²) < 4.78 is 7.48. The molecule has 1 saturated heterocycles.